The SMILES string of the molecule is C=CCOc1ccc(/C=c2/sc3n(c2=O)[C@@H](c2ccc(F)cc2)C2=C(N=3)c3ccccc3CC2)cc1. The number of benzene rings is 3. The molecule has 2 heterocycles. The molecule has 0 radical (unpaired) electrons. The fraction of sp³-hybridized carbons (Fsp3) is 0.133. The fourth-order valence-electron chi connectivity index (χ4n) is 4.93. The molecule has 1 atom stereocenters. The van der Waals surface area contributed by atoms with Gasteiger partial charge >= 0.3 is 0 Å². The smallest absolute Gasteiger partial charge is 0.271 e. The van der Waals surface area contributed by atoms with E-state index in [2.05, 4.69) is 18.7 Å². The van der Waals surface area contributed by atoms with Gasteiger partial charge in [-0.15, -0.1) is 0 Å². The number of allylic oxidation sites excluding steroid dienone is 1. The highest BCUT2D eigenvalue weighted by Crippen LogP contribution is 2.41. The molecule has 6 heteroatoms. The number of thiazole rings is 1. The molecule has 178 valence electrons. The number of hydrogen-bond acceptors (Lipinski definition) is 4. The number of halogens is 1. The zero-order valence-corrected chi connectivity index (χ0v) is 20.3. The second-order valence-corrected chi connectivity index (χ2v) is 9.84. The van der Waals surface area contributed by atoms with Crippen LogP contribution in [0, 0.1) is 5.82 Å². The van der Waals surface area contributed by atoms with Crippen molar-refractivity contribution < 1.29 is 9.13 Å². The lowest BCUT2D eigenvalue weighted by Crippen LogP contribution is -2.38. The van der Waals surface area contributed by atoms with Gasteiger partial charge in [0.25, 0.3) is 5.56 Å². The van der Waals surface area contributed by atoms with Crippen molar-refractivity contribution >= 4 is 23.1 Å². The average molecular weight is 495 g/mol. The summed E-state index contributed by atoms with van der Waals surface area (Å²) in [6, 6.07) is 22.1. The van der Waals surface area contributed by atoms with Crippen LogP contribution in [0.3, 0.4) is 0 Å². The minimum absolute atomic E-state index is 0.0922. The molecule has 0 saturated heterocycles. The topological polar surface area (TPSA) is 43.6 Å². The lowest BCUT2D eigenvalue weighted by Gasteiger charge is -2.30. The summed E-state index contributed by atoms with van der Waals surface area (Å²) in [5.74, 6) is 0.450. The molecular formula is C30H23FN2O2S. The first-order chi connectivity index (χ1) is 17.6. The van der Waals surface area contributed by atoms with Crippen LogP contribution in [-0.4, -0.2) is 11.2 Å². The van der Waals surface area contributed by atoms with Gasteiger partial charge < -0.3 is 4.74 Å². The quantitative estimate of drug-likeness (QED) is 0.366. The molecule has 1 aliphatic heterocycles. The van der Waals surface area contributed by atoms with Crippen LogP contribution < -0.4 is 19.6 Å². The van der Waals surface area contributed by atoms with Crippen LogP contribution in [-0.2, 0) is 6.42 Å². The van der Waals surface area contributed by atoms with Gasteiger partial charge in [-0.1, -0.05) is 72.5 Å². The molecule has 0 N–H and O–H groups in total. The van der Waals surface area contributed by atoms with Gasteiger partial charge in [0, 0.05) is 5.56 Å². The van der Waals surface area contributed by atoms with E-state index < -0.39 is 0 Å². The van der Waals surface area contributed by atoms with E-state index in [1.807, 2.05) is 42.5 Å². The summed E-state index contributed by atoms with van der Waals surface area (Å²) in [6.45, 7) is 4.10. The Morgan fingerprint density at radius 3 is 2.61 bits per heavy atom. The normalized spacial score (nSPS) is 16.6. The summed E-state index contributed by atoms with van der Waals surface area (Å²) < 4.78 is 21.7. The Labute approximate surface area is 211 Å². The second-order valence-electron chi connectivity index (χ2n) is 8.83. The Balaban J connectivity index is 1.52. The molecule has 0 unspecified atom stereocenters. The number of ether oxygens (including phenoxy) is 1. The van der Waals surface area contributed by atoms with E-state index in [9.17, 15) is 9.18 Å². The highest BCUT2D eigenvalue weighted by Gasteiger charge is 2.32. The number of hydrogen-bond donors (Lipinski definition) is 0. The van der Waals surface area contributed by atoms with Crippen molar-refractivity contribution in [1.29, 1.82) is 0 Å². The van der Waals surface area contributed by atoms with Gasteiger partial charge in [-0.05, 0) is 65.4 Å². The van der Waals surface area contributed by atoms with E-state index in [1.165, 1.54) is 29.0 Å². The summed E-state index contributed by atoms with van der Waals surface area (Å²) >= 11 is 1.38. The van der Waals surface area contributed by atoms with E-state index >= 15 is 0 Å². The molecule has 1 aromatic heterocycles. The van der Waals surface area contributed by atoms with E-state index in [-0.39, 0.29) is 17.4 Å². The summed E-state index contributed by atoms with van der Waals surface area (Å²) in [5, 5.41) is 0. The second kappa shape index (κ2) is 9.21. The predicted molar refractivity (Wildman–Crippen MR) is 141 cm³/mol. The summed E-state index contributed by atoms with van der Waals surface area (Å²) in [5.41, 5.74) is 6.10. The summed E-state index contributed by atoms with van der Waals surface area (Å²) in [6.07, 6.45) is 5.27. The van der Waals surface area contributed by atoms with Crippen LogP contribution in [0.15, 0.2) is 101 Å². The van der Waals surface area contributed by atoms with Crippen molar-refractivity contribution in [2.45, 2.75) is 18.9 Å². The Morgan fingerprint density at radius 2 is 1.83 bits per heavy atom. The van der Waals surface area contributed by atoms with Gasteiger partial charge in [0.1, 0.15) is 18.2 Å². The van der Waals surface area contributed by atoms with Gasteiger partial charge in [-0.25, -0.2) is 9.38 Å². The van der Waals surface area contributed by atoms with Gasteiger partial charge in [0.05, 0.1) is 16.3 Å². The van der Waals surface area contributed by atoms with Crippen molar-refractivity contribution in [2.24, 2.45) is 4.99 Å². The van der Waals surface area contributed by atoms with Crippen LogP contribution in [0.4, 0.5) is 4.39 Å². The van der Waals surface area contributed by atoms with Crippen LogP contribution in [0.5, 0.6) is 5.75 Å². The number of fused-ring (bicyclic) bond motifs is 3. The third kappa shape index (κ3) is 3.93. The Hall–Kier alpha value is -4.03. The first-order valence-corrected chi connectivity index (χ1v) is 12.7. The van der Waals surface area contributed by atoms with Crippen LogP contribution in [0.25, 0.3) is 11.8 Å². The first kappa shape index (κ1) is 22.4. The molecule has 4 aromatic rings. The molecule has 0 spiro atoms. The van der Waals surface area contributed by atoms with E-state index in [0.717, 1.165) is 46.6 Å². The van der Waals surface area contributed by atoms with E-state index in [4.69, 9.17) is 9.73 Å². The lowest BCUT2D eigenvalue weighted by atomic mass is 9.83. The summed E-state index contributed by atoms with van der Waals surface area (Å²) in [7, 11) is 0. The predicted octanol–water partition coefficient (Wildman–Crippen LogP) is 5.02. The summed E-state index contributed by atoms with van der Waals surface area (Å²) in [4.78, 5) is 19.4. The lowest BCUT2D eigenvalue weighted by molar-refractivity contribution is 0.363. The maximum atomic E-state index is 13.8. The highest BCUT2D eigenvalue weighted by molar-refractivity contribution is 7.07. The molecule has 36 heavy (non-hydrogen) atoms. The number of aryl methyl sites for hydroxylation is 1. The molecule has 3 aromatic carbocycles. The monoisotopic (exact) mass is 494 g/mol. The Morgan fingerprint density at radius 1 is 1.06 bits per heavy atom. The largest absolute Gasteiger partial charge is 0.490 e. The number of aromatic nitrogens is 1. The zero-order chi connectivity index (χ0) is 24.6. The molecule has 2 aliphatic rings. The average Bonchev–Trinajstić information content (AvgIpc) is 3.22. The number of rotatable bonds is 5. The third-order valence-electron chi connectivity index (χ3n) is 6.60. The molecule has 6 rings (SSSR count). The van der Waals surface area contributed by atoms with Crippen LogP contribution in [0.2, 0.25) is 0 Å². The van der Waals surface area contributed by atoms with E-state index in [1.54, 1.807) is 22.8 Å². The minimum atomic E-state index is -0.318. The molecule has 0 fully saturated rings. The molecule has 1 aliphatic carbocycles. The Bertz CT molecular complexity index is 1680. The van der Waals surface area contributed by atoms with Gasteiger partial charge in [-0.2, -0.15) is 0 Å². The molecule has 0 bridgehead atoms. The van der Waals surface area contributed by atoms with Crippen molar-refractivity contribution in [1.82, 2.24) is 4.57 Å². The Kier molecular flexibility index (Phi) is 5.74. The van der Waals surface area contributed by atoms with Crippen molar-refractivity contribution in [3.63, 3.8) is 0 Å². The fourth-order valence-corrected chi connectivity index (χ4v) is 5.94. The van der Waals surface area contributed by atoms with Gasteiger partial charge in [0.15, 0.2) is 4.80 Å². The number of nitrogens with zero attached hydrogens (tertiary/aromatic N) is 2. The van der Waals surface area contributed by atoms with Crippen molar-refractivity contribution in [3.05, 3.63) is 139 Å². The zero-order valence-electron chi connectivity index (χ0n) is 19.5. The minimum Gasteiger partial charge on any atom is -0.490 e. The van der Waals surface area contributed by atoms with Gasteiger partial charge in [0.2, 0.25) is 0 Å². The van der Waals surface area contributed by atoms with Crippen LogP contribution in [0.1, 0.15) is 34.7 Å². The van der Waals surface area contributed by atoms with Crippen LogP contribution >= 0.6 is 11.3 Å². The van der Waals surface area contributed by atoms with Crippen molar-refractivity contribution in [3.8, 4) is 5.75 Å². The van der Waals surface area contributed by atoms with E-state index in [0.29, 0.717) is 15.9 Å². The maximum Gasteiger partial charge on any atom is 0.271 e. The molecule has 4 nitrogen and oxygen atoms in total. The first-order valence-electron chi connectivity index (χ1n) is 11.8. The molecular weight excluding hydrogens is 471 g/mol. The molecule has 0 amide bonds. The third-order valence-corrected chi connectivity index (χ3v) is 7.59. The van der Waals surface area contributed by atoms with Gasteiger partial charge in [-0.3, -0.25) is 9.36 Å². The highest BCUT2D eigenvalue weighted by atomic mass is 32.1. The van der Waals surface area contributed by atoms with Crippen molar-refractivity contribution in [2.75, 3.05) is 6.61 Å². The molecule has 0 saturated carbocycles. The maximum absolute atomic E-state index is 13.8. The standard InChI is InChI=1S/C30H23FN2O2S/c1-2-17-35-23-14-7-19(8-15-23)18-26-29(34)33-28(21-9-12-22(31)13-10-21)25-16-11-20-5-3-4-6-24(20)27(25)32-30(33)36-26/h2-10,12-15,18,28H,1,11,16-17H2/b26-18+/t28-/m0/s1.